The molecular weight excluding hydrogens is 733 g/mol. The van der Waals surface area contributed by atoms with Crippen LogP contribution in [0.3, 0.4) is 0 Å². The van der Waals surface area contributed by atoms with E-state index in [0.29, 0.717) is 17.0 Å². The van der Waals surface area contributed by atoms with Crippen LogP contribution in [0.15, 0.2) is 194 Å². The smallest absolute Gasteiger partial charge is 0.160 e. The number of benzene rings is 8. The molecule has 0 aliphatic rings. The lowest BCUT2D eigenvalue weighted by Gasteiger charge is -2.20. The normalized spacial score (nSPS) is 11.3. The average molecular weight is 765 g/mol. The molecule has 0 N–H and O–H groups in total. The van der Waals surface area contributed by atoms with E-state index < -0.39 is 0 Å². The Hall–Kier alpha value is -8.58. The average Bonchev–Trinajstić information content (AvgIpc) is 3.83. The SMILES string of the molecule is N#Cc1ccc2c(c1)c1ccccc1n2-c1ccccc1-c1cc(-c2cc(-c3ccccc3)nc(-c3ccccc3)n2)ccc1-n1c2ccccc2c2cc(C#N)ccc21. The fourth-order valence-corrected chi connectivity index (χ4v) is 8.67. The maximum absolute atomic E-state index is 9.92. The summed E-state index contributed by atoms with van der Waals surface area (Å²) in [6.07, 6.45) is 0. The third-order valence-electron chi connectivity index (χ3n) is 11.4. The minimum atomic E-state index is 0.615. The molecule has 0 spiro atoms. The Balaban J connectivity index is 1.23. The molecule has 0 unspecified atom stereocenters. The second kappa shape index (κ2) is 14.1. The highest BCUT2D eigenvalue weighted by atomic mass is 15.0. The van der Waals surface area contributed by atoms with Crippen molar-refractivity contribution in [1.82, 2.24) is 19.1 Å². The molecular formula is C54H32N6. The lowest BCUT2D eigenvalue weighted by atomic mass is 9.96. The van der Waals surface area contributed by atoms with Crippen molar-refractivity contribution < 1.29 is 0 Å². The first-order valence-corrected chi connectivity index (χ1v) is 19.8. The second-order valence-corrected chi connectivity index (χ2v) is 14.8. The van der Waals surface area contributed by atoms with Crippen LogP contribution < -0.4 is 0 Å². The first kappa shape index (κ1) is 34.7. The first-order valence-electron chi connectivity index (χ1n) is 19.8. The minimum Gasteiger partial charge on any atom is -0.309 e. The number of aromatic nitrogens is 4. The second-order valence-electron chi connectivity index (χ2n) is 14.8. The van der Waals surface area contributed by atoms with E-state index in [1.165, 1.54) is 0 Å². The fourth-order valence-electron chi connectivity index (χ4n) is 8.67. The minimum absolute atomic E-state index is 0.615. The van der Waals surface area contributed by atoms with Crippen LogP contribution in [0.5, 0.6) is 0 Å². The van der Waals surface area contributed by atoms with Crippen LogP contribution in [-0.2, 0) is 0 Å². The van der Waals surface area contributed by atoms with Crippen molar-refractivity contribution in [2.45, 2.75) is 0 Å². The Bertz CT molecular complexity index is 3510. The van der Waals surface area contributed by atoms with Crippen LogP contribution in [-0.4, -0.2) is 19.1 Å². The molecule has 6 nitrogen and oxygen atoms in total. The number of rotatable bonds is 6. The zero-order chi connectivity index (χ0) is 40.2. The van der Waals surface area contributed by atoms with Crippen molar-refractivity contribution in [2.24, 2.45) is 0 Å². The Morgan fingerprint density at radius 1 is 0.350 bits per heavy atom. The van der Waals surface area contributed by atoms with Gasteiger partial charge in [0, 0.05) is 49.4 Å². The molecule has 0 fully saturated rings. The van der Waals surface area contributed by atoms with Gasteiger partial charge in [0.2, 0.25) is 0 Å². The Morgan fingerprint density at radius 3 is 1.43 bits per heavy atom. The van der Waals surface area contributed by atoms with Gasteiger partial charge in [0.25, 0.3) is 0 Å². The maximum Gasteiger partial charge on any atom is 0.160 e. The van der Waals surface area contributed by atoms with Gasteiger partial charge < -0.3 is 9.13 Å². The van der Waals surface area contributed by atoms with E-state index in [1.807, 2.05) is 84.9 Å². The van der Waals surface area contributed by atoms with Crippen molar-refractivity contribution in [3.8, 4) is 68.5 Å². The van der Waals surface area contributed by atoms with E-state index in [1.54, 1.807) is 0 Å². The van der Waals surface area contributed by atoms with E-state index in [-0.39, 0.29) is 0 Å². The third kappa shape index (κ3) is 5.63. The van der Waals surface area contributed by atoms with E-state index >= 15 is 0 Å². The largest absolute Gasteiger partial charge is 0.309 e. The van der Waals surface area contributed by atoms with Gasteiger partial charge in [0.05, 0.1) is 68.1 Å². The molecule has 0 amide bonds. The quantitative estimate of drug-likeness (QED) is 0.169. The molecule has 0 bridgehead atoms. The van der Waals surface area contributed by atoms with E-state index in [4.69, 9.17) is 9.97 Å². The van der Waals surface area contributed by atoms with Gasteiger partial charge in [-0.3, -0.25) is 0 Å². The Labute approximate surface area is 345 Å². The molecule has 8 aromatic carbocycles. The zero-order valence-corrected chi connectivity index (χ0v) is 32.2. The summed E-state index contributed by atoms with van der Waals surface area (Å²) < 4.78 is 4.63. The van der Waals surface area contributed by atoms with E-state index in [9.17, 15) is 10.5 Å². The molecule has 3 aromatic heterocycles. The molecule has 278 valence electrons. The summed E-state index contributed by atoms with van der Waals surface area (Å²) in [6, 6.07) is 70.9. The number of hydrogen-bond acceptors (Lipinski definition) is 4. The summed E-state index contributed by atoms with van der Waals surface area (Å²) in [7, 11) is 0. The molecule has 0 radical (unpaired) electrons. The molecule has 0 saturated heterocycles. The van der Waals surface area contributed by atoms with Crippen LogP contribution in [0.1, 0.15) is 11.1 Å². The highest BCUT2D eigenvalue weighted by Crippen LogP contribution is 2.42. The molecule has 0 aliphatic carbocycles. The van der Waals surface area contributed by atoms with Crippen molar-refractivity contribution in [2.75, 3.05) is 0 Å². The molecule has 3 heterocycles. The van der Waals surface area contributed by atoms with Gasteiger partial charge in [0.1, 0.15) is 0 Å². The lowest BCUT2D eigenvalue weighted by molar-refractivity contribution is 1.16. The van der Waals surface area contributed by atoms with Crippen molar-refractivity contribution in [3.05, 3.63) is 205 Å². The van der Waals surface area contributed by atoms with E-state index in [0.717, 1.165) is 94.2 Å². The Kier molecular flexibility index (Phi) is 8.15. The van der Waals surface area contributed by atoms with Crippen LogP contribution in [0.25, 0.3) is 100 Å². The summed E-state index contributed by atoms with van der Waals surface area (Å²) in [5, 5.41) is 24.0. The summed E-state index contributed by atoms with van der Waals surface area (Å²) in [6.45, 7) is 0. The molecule has 0 aliphatic heterocycles. The van der Waals surface area contributed by atoms with Crippen LogP contribution in [0.2, 0.25) is 0 Å². The first-order chi connectivity index (χ1) is 29.7. The van der Waals surface area contributed by atoms with Gasteiger partial charge in [-0.1, -0.05) is 121 Å². The number of hydrogen-bond donors (Lipinski definition) is 0. The number of nitriles is 2. The van der Waals surface area contributed by atoms with Crippen molar-refractivity contribution in [1.29, 1.82) is 10.5 Å². The van der Waals surface area contributed by atoms with Crippen LogP contribution in [0, 0.1) is 22.7 Å². The predicted octanol–water partition coefficient (Wildman–Crippen LogP) is 13.1. The summed E-state index contributed by atoms with van der Waals surface area (Å²) >= 11 is 0. The maximum atomic E-state index is 9.92. The van der Waals surface area contributed by atoms with Crippen molar-refractivity contribution in [3.63, 3.8) is 0 Å². The summed E-state index contributed by atoms with van der Waals surface area (Å²) in [5.74, 6) is 0.649. The highest BCUT2D eigenvalue weighted by Gasteiger charge is 2.22. The molecule has 11 aromatic rings. The highest BCUT2D eigenvalue weighted by molar-refractivity contribution is 6.12. The molecule has 11 rings (SSSR count). The van der Waals surface area contributed by atoms with Gasteiger partial charge >= 0.3 is 0 Å². The Morgan fingerprint density at radius 2 is 0.833 bits per heavy atom. The summed E-state index contributed by atoms with van der Waals surface area (Å²) in [4.78, 5) is 10.3. The van der Waals surface area contributed by atoms with Crippen LogP contribution in [0.4, 0.5) is 0 Å². The monoisotopic (exact) mass is 764 g/mol. The van der Waals surface area contributed by atoms with E-state index in [2.05, 4.69) is 130 Å². The third-order valence-corrected chi connectivity index (χ3v) is 11.4. The predicted molar refractivity (Wildman–Crippen MR) is 242 cm³/mol. The fraction of sp³-hybridized carbons (Fsp3) is 0. The standard InChI is InChI=1S/C54H32N6/c55-33-35-23-26-51-43(29-35)40-17-7-10-20-48(40)59(51)50-22-12-9-19-42(50)45-31-39(47-32-46(37-13-3-1-4-14-37)57-54(58-47)38-15-5-2-6-16-38)25-28-53(45)60-49-21-11-8-18-41(49)44-30-36(34-56)24-27-52(44)60/h1-32H. The molecule has 60 heavy (non-hydrogen) atoms. The topological polar surface area (TPSA) is 83.2 Å². The number of nitrogens with zero attached hydrogens (tertiary/aromatic N) is 6. The van der Waals surface area contributed by atoms with Gasteiger partial charge in [0.15, 0.2) is 5.82 Å². The van der Waals surface area contributed by atoms with Gasteiger partial charge in [-0.2, -0.15) is 10.5 Å². The van der Waals surface area contributed by atoms with Gasteiger partial charge in [-0.25, -0.2) is 9.97 Å². The molecule has 6 heteroatoms. The van der Waals surface area contributed by atoms with Crippen LogP contribution >= 0.6 is 0 Å². The molecule has 0 atom stereocenters. The number of fused-ring (bicyclic) bond motifs is 6. The molecule has 0 saturated carbocycles. The van der Waals surface area contributed by atoms with Gasteiger partial charge in [-0.15, -0.1) is 0 Å². The summed E-state index contributed by atoms with van der Waals surface area (Å²) in [5.41, 5.74) is 13.8. The zero-order valence-electron chi connectivity index (χ0n) is 32.2. The number of para-hydroxylation sites is 3. The van der Waals surface area contributed by atoms with Gasteiger partial charge in [-0.05, 0) is 72.8 Å². The lowest BCUT2D eigenvalue weighted by Crippen LogP contribution is -2.02. The van der Waals surface area contributed by atoms with Crippen molar-refractivity contribution >= 4 is 43.6 Å².